The van der Waals surface area contributed by atoms with Crippen molar-refractivity contribution in [2.24, 2.45) is 0 Å². The third-order valence-corrected chi connectivity index (χ3v) is 1.89. The molecule has 0 aliphatic rings. The van der Waals surface area contributed by atoms with E-state index >= 15 is 0 Å². The van der Waals surface area contributed by atoms with Gasteiger partial charge in [-0.25, -0.2) is 0 Å². The van der Waals surface area contributed by atoms with Crippen LogP contribution in [0, 0.1) is 0 Å². The minimum Gasteiger partial charge on any atom is -0.312 e. The van der Waals surface area contributed by atoms with Crippen LogP contribution in [0.2, 0.25) is 0 Å². The summed E-state index contributed by atoms with van der Waals surface area (Å²) >= 11 is 15.6. The zero-order chi connectivity index (χ0) is 9.84. The highest BCUT2D eigenvalue weighted by Crippen LogP contribution is 2.18. The smallest absolute Gasteiger partial charge is 0.312 e. The van der Waals surface area contributed by atoms with Crippen LogP contribution in [0.4, 0.5) is 10.5 Å². The van der Waals surface area contributed by atoms with Gasteiger partial charge in [0.2, 0.25) is 0 Å². The molecule has 0 radical (unpaired) electrons. The Kier molecular flexibility index (Phi) is 3.66. The molecule has 1 rings (SSSR count). The summed E-state index contributed by atoms with van der Waals surface area (Å²) in [7, 11) is 0. The van der Waals surface area contributed by atoms with Crippen LogP contribution in [-0.4, -0.2) is 9.69 Å². The summed E-state index contributed by atoms with van der Waals surface area (Å²) in [5.41, 5.74) is 1.11. The minimum absolute atomic E-state index is 0.195. The second-order valence-electron chi connectivity index (χ2n) is 2.22. The molecule has 1 aromatic carbocycles. The fraction of sp³-hybridized carbons (Fsp3) is 0. The van der Waals surface area contributed by atoms with E-state index < -0.39 is 5.37 Å². The molecule has 0 fully saturated rings. The number of carbonyl (C=O) groups is 1. The van der Waals surface area contributed by atoms with Crippen LogP contribution < -0.4 is 5.32 Å². The van der Waals surface area contributed by atoms with Crippen molar-refractivity contribution in [1.82, 2.24) is 0 Å². The van der Waals surface area contributed by atoms with Crippen LogP contribution in [0.1, 0.15) is 5.56 Å². The third kappa shape index (κ3) is 2.95. The lowest BCUT2D eigenvalue weighted by atomic mass is 10.2. The molecule has 0 unspecified atom stereocenters. The predicted octanol–water partition coefficient (Wildman–Crippen LogP) is 3.37. The summed E-state index contributed by atoms with van der Waals surface area (Å²) in [6, 6.07) is 6.90. The number of benzene rings is 1. The molecule has 0 spiro atoms. The topological polar surface area (TPSA) is 29.1 Å². The minimum atomic E-state index is -0.666. The van der Waals surface area contributed by atoms with E-state index in [0.29, 0.717) is 11.3 Å². The maximum atomic E-state index is 10.6. The second-order valence-corrected chi connectivity index (χ2v) is 3.57. The zero-order valence-corrected chi connectivity index (χ0v) is 8.71. The maximum absolute atomic E-state index is 10.6. The normalized spacial score (nSPS) is 9.38. The largest absolute Gasteiger partial charge is 0.318 e. The molecule has 1 N–H and O–H groups in total. The highest BCUT2D eigenvalue weighted by molar-refractivity contribution is 7.83. The first-order valence-corrected chi connectivity index (χ1v) is 4.53. The molecule has 0 saturated carbocycles. The van der Waals surface area contributed by atoms with Crippen LogP contribution in [0.3, 0.4) is 0 Å². The highest BCUT2D eigenvalue weighted by Gasteiger charge is 2.06. The van der Waals surface area contributed by atoms with E-state index in [4.69, 9.17) is 35.4 Å². The third-order valence-electron chi connectivity index (χ3n) is 1.37. The maximum Gasteiger partial charge on any atom is 0.318 e. The number of carbonyl (C=O) groups excluding carboxylic acids is 1. The van der Waals surface area contributed by atoms with Crippen molar-refractivity contribution in [2.75, 3.05) is 5.32 Å². The zero-order valence-electron chi connectivity index (χ0n) is 6.38. The molecule has 2 nitrogen and oxygen atoms in total. The highest BCUT2D eigenvalue weighted by atomic mass is 35.5. The van der Waals surface area contributed by atoms with E-state index in [2.05, 4.69) is 5.32 Å². The number of nitrogens with one attached hydrogen (secondary N) is 1. The van der Waals surface area contributed by atoms with Crippen molar-refractivity contribution < 1.29 is 4.79 Å². The molecule has 0 atom stereocenters. The van der Waals surface area contributed by atoms with Gasteiger partial charge in [-0.05, 0) is 17.7 Å². The van der Waals surface area contributed by atoms with Gasteiger partial charge in [0.05, 0.1) is 5.69 Å². The first-order valence-electron chi connectivity index (χ1n) is 3.36. The number of anilines is 1. The number of para-hydroxylation sites is 1. The van der Waals surface area contributed by atoms with Crippen molar-refractivity contribution in [2.45, 2.75) is 0 Å². The van der Waals surface area contributed by atoms with Crippen molar-refractivity contribution in [3.8, 4) is 0 Å². The Morgan fingerprint density at radius 3 is 2.46 bits per heavy atom. The summed E-state index contributed by atoms with van der Waals surface area (Å²) in [6.07, 6.45) is 0. The SMILES string of the molecule is O=C(Cl)Nc1ccccc1C(=S)Cl. The first-order chi connectivity index (χ1) is 6.11. The van der Waals surface area contributed by atoms with Crippen molar-refractivity contribution in [3.63, 3.8) is 0 Å². The molecule has 0 saturated heterocycles. The molecule has 0 aromatic heterocycles. The molecule has 68 valence electrons. The Hall–Kier alpha value is -0.640. The monoisotopic (exact) mass is 233 g/mol. The van der Waals surface area contributed by atoms with E-state index in [1.165, 1.54) is 0 Å². The van der Waals surface area contributed by atoms with E-state index in [9.17, 15) is 4.79 Å². The van der Waals surface area contributed by atoms with E-state index in [-0.39, 0.29) is 4.32 Å². The molecule has 13 heavy (non-hydrogen) atoms. The van der Waals surface area contributed by atoms with Crippen molar-refractivity contribution >= 4 is 50.8 Å². The first kappa shape index (κ1) is 10.4. The summed E-state index contributed by atoms with van der Waals surface area (Å²) < 4.78 is 0.195. The number of thiocarbonyl (C=S) groups is 1. The molecule has 1 aromatic rings. The van der Waals surface area contributed by atoms with Crippen LogP contribution in [0.5, 0.6) is 0 Å². The molecule has 5 heteroatoms. The number of amides is 1. The van der Waals surface area contributed by atoms with Gasteiger partial charge in [-0.15, -0.1) is 0 Å². The Balaban J connectivity index is 3.04. The van der Waals surface area contributed by atoms with Gasteiger partial charge in [0.1, 0.15) is 4.32 Å². The quantitative estimate of drug-likeness (QED) is 0.482. The van der Waals surface area contributed by atoms with Gasteiger partial charge in [-0.3, -0.25) is 4.79 Å². The van der Waals surface area contributed by atoms with Crippen molar-refractivity contribution in [3.05, 3.63) is 29.8 Å². The predicted molar refractivity (Wildman–Crippen MR) is 58.9 cm³/mol. The van der Waals surface area contributed by atoms with Gasteiger partial charge < -0.3 is 5.32 Å². The van der Waals surface area contributed by atoms with Crippen LogP contribution in [-0.2, 0) is 0 Å². The number of hydrogen-bond acceptors (Lipinski definition) is 2. The average Bonchev–Trinajstić information content (AvgIpc) is 2.03. The van der Waals surface area contributed by atoms with Gasteiger partial charge in [-0.2, -0.15) is 0 Å². The Morgan fingerprint density at radius 2 is 1.92 bits per heavy atom. The van der Waals surface area contributed by atoms with E-state index in [1.807, 2.05) is 0 Å². The van der Waals surface area contributed by atoms with Gasteiger partial charge in [0.25, 0.3) is 0 Å². The van der Waals surface area contributed by atoms with Gasteiger partial charge in [0.15, 0.2) is 0 Å². The molecule has 0 aliphatic carbocycles. The number of halogens is 2. The number of rotatable bonds is 2. The van der Waals surface area contributed by atoms with Crippen LogP contribution in [0.25, 0.3) is 0 Å². The summed E-state index contributed by atoms with van der Waals surface area (Å²) in [5.74, 6) is 0. The summed E-state index contributed by atoms with van der Waals surface area (Å²) in [5, 5.41) is 1.74. The lowest BCUT2D eigenvalue weighted by molar-refractivity contribution is 0.269. The fourth-order valence-electron chi connectivity index (χ4n) is 0.869. The number of hydrogen-bond donors (Lipinski definition) is 1. The van der Waals surface area contributed by atoms with E-state index in [0.717, 1.165) is 0 Å². The average molecular weight is 234 g/mol. The molecule has 0 heterocycles. The summed E-state index contributed by atoms with van der Waals surface area (Å²) in [4.78, 5) is 10.6. The summed E-state index contributed by atoms with van der Waals surface area (Å²) in [6.45, 7) is 0. The molecule has 0 bridgehead atoms. The molecule has 0 aliphatic heterocycles. The molecular formula is C8H5Cl2NOS. The Morgan fingerprint density at radius 1 is 1.31 bits per heavy atom. The Bertz CT molecular complexity index is 354. The molecule has 1 amide bonds. The molecular weight excluding hydrogens is 229 g/mol. The van der Waals surface area contributed by atoms with Crippen molar-refractivity contribution in [1.29, 1.82) is 0 Å². The lowest BCUT2D eigenvalue weighted by Gasteiger charge is -2.05. The van der Waals surface area contributed by atoms with Crippen LogP contribution in [0.15, 0.2) is 24.3 Å². The Labute approximate surface area is 90.8 Å². The van der Waals surface area contributed by atoms with E-state index in [1.54, 1.807) is 24.3 Å². The fourth-order valence-corrected chi connectivity index (χ4v) is 1.31. The van der Waals surface area contributed by atoms with Gasteiger partial charge >= 0.3 is 5.37 Å². The lowest BCUT2D eigenvalue weighted by Crippen LogP contribution is -2.04. The van der Waals surface area contributed by atoms with Gasteiger partial charge in [0, 0.05) is 5.56 Å². The standard InChI is InChI=1S/C8H5Cl2NOS/c9-7(13)5-3-1-2-4-6(5)11-8(10)12/h1-4H,(H,11,12). The van der Waals surface area contributed by atoms with Crippen LogP contribution >= 0.6 is 35.4 Å². The van der Waals surface area contributed by atoms with Gasteiger partial charge in [-0.1, -0.05) is 42.0 Å². The second kappa shape index (κ2) is 4.56.